The van der Waals surface area contributed by atoms with Crippen molar-refractivity contribution in [3.8, 4) is 0 Å². The Kier molecular flexibility index (Phi) is 4.61. The van der Waals surface area contributed by atoms with Crippen LogP contribution in [0, 0.1) is 11.8 Å². The van der Waals surface area contributed by atoms with Crippen LogP contribution in [0.2, 0.25) is 0 Å². The van der Waals surface area contributed by atoms with Gasteiger partial charge in [-0.05, 0) is 25.2 Å². The molecule has 4 unspecified atom stereocenters. The van der Waals surface area contributed by atoms with Crippen LogP contribution in [0.3, 0.4) is 0 Å². The van der Waals surface area contributed by atoms with Crippen LogP contribution < -0.4 is 5.32 Å². The minimum Gasteiger partial charge on any atom is -0.338 e. The molecule has 108 valence electrons. The number of aromatic nitrogens is 2. The van der Waals surface area contributed by atoms with Gasteiger partial charge in [-0.25, -0.2) is 0 Å². The molecule has 1 aromatic heterocycles. The fourth-order valence-corrected chi connectivity index (χ4v) is 2.87. The Morgan fingerprint density at radius 1 is 1.21 bits per heavy atom. The fourth-order valence-electron chi connectivity index (χ4n) is 2.87. The quantitative estimate of drug-likeness (QED) is 0.902. The van der Waals surface area contributed by atoms with Gasteiger partial charge < -0.3 is 9.84 Å². The number of hydrogen-bond donors (Lipinski definition) is 1. The maximum atomic E-state index is 5.37. The summed E-state index contributed by atoms with van der Waals surface area (Å²) in [4.78, 5) is 4.48. The first kappa shape index (κ1) is 14.5. The number of hydrogen-bond acceptors (Lipinski definition) is 4. The molecule has 1 N–H and O–H groups in total. The van der Waals surface area contributed by atoms with Gasteiger partial charge in [0.1, 0.15) is 0 Å². The third-order valence-electron chi connectivity index (χ3n) is 4.52. The Labute approximate surface area is 116 Å². The normalized spacial score (nSPS) is 29.7. The smallest absolute Gasteiger partial charge is 0.243 e. The zero-order valence-corrected chi connectivity index (χ0v) is 12.8. The van der Waals surface area contributed by atoms with Crippen LogP contribution in [0.15, 0.2) is 4.52 Å². The van der Waals surface area contributed by atoms with E-state index in [0.29, 0.717) is 23.8 Å². The summed E-state index contributed by atoms with van der Waals surface area (Å²) in [6.07, 6.45) is 3.92. The molecule has 0 bridgehead atoms. The van der Waals surface area contributed by atoms with Gasteiger partial charge in [-0.3, -0.25) is 0 Å². The summed E-state index contributed by atoms with van der Waals surface area (Å²) in [6.45, 7) is 11.0. The zero-order chi connectivity index (χ0) is 14.0. The standard InChI is InChI=1S/C15H27N3O/c1-9(2)14-17-15(19-18-14)12(5)16-13-8-6-7-10(3)11(13)4/h9-13,16H,6-8H2,1-5H3. The van der Waals surface area contributed by atoms with E-state index in [4.69, 9.17) is 4.52 Å². The van der Waals surface area contributed by atoms with Gasteiger partial charge in [-0.15, -0.1) is 0 Å². The summed E-state index contributed by atoms with van der Waals surface area (Å²) in [5, 5.41) is 7.71. The Morgan fingerprint density at radius 3 is 2.58 bits per heavy atom. The minimum atomic E-state index is 0.137. The molecule has 4 nitrogen and oxygen atoms in total. The lowest BCUT2D eigenvalue weighted by Gasteiger charge is -2.35. The molecular weight excluding hydrogens is 238 g/mol. The van der Waals surface area contributed by atoms with Gasteiger partial charge in [0, 0.05) is 12.0 Å². The molecule has 1 saturated carbocycles. The molecule has 0 saturated heterocycles. The Hall–Kier alpha value is -0.900. The summed E-state index contributed by atoms with van der Waals surface area (Å²) in [6, 6.07) is 0.700. The van der Waals surface area contributed by atoms with Crippen molar-refractivity contribution in [2.75, 3.05) is 0 Å². The van der Waals surface area contributed by atoms with Crippen molar-refractivity contribution in [2.45, 2.75) is 71.9 Å². The third-order valence-corrected chi connectivity index (χ3v) is 4.52. The van der Waals surface area contributed by atoms with Gasteiger partial charge in [0.25, 0.3) is 0 Å². The Bertz CT molecular complexity index is 402. The molecule has 19 heavy (non-hydrogen) atoms. The van der Waals surface area contributed by atoms with Gasteiger partial charge in [0.2, 0.25) is 5.89 Å². The molecular formula is C15H27N3O. The number of rotatable bonds is 4. The van der Waals surface area contributed by atoms with E-state index in [1.807, 2.05) is 0 Å². The van der Waals surface area contributed by atoms with Crippen LogP contribution in [0.25, 0.3) is 0 Å². The summed E-state index contributed by atoms with van der Waals surface area (Å²) in [5.41, 5.74) is 0. The van der Waals surface area contributed by atoms with E-state index in [1.165, 1.54) is 19.3 Å². The predicted molar refractivity (Wildman–Crippen MR) is 75.9 cm³/mol. The lowest BCUT2D eigenvalue weighted by atomic mass is 9.78. The lowest BCUT2D eigenvalue weighted by Crippen LogP contribution is -2.41. The van der Waals surface area contributed by atoms with E-state index in [2.05, 4.69) is 50.1 Å². The molecule has 0 amide bonds. The van der Waals surface area contributed by atoms with Crippen molar-refractivity contribution < 1.29 is 4.52 Å². The summed E-state index contributed by atoms with van der Waals surface area (Å²) < 4.78 is 5.37. The van der Waals surface area contributed by atoms with Gasteiger partial charge in [0.05, 0.1) is 6.04 Å². The van der Waals surface area contributed by atoms with Crippen molar-refractivity contribution in [1.82, 2.24) is 15.5 Å². The molecule has 1 fully saturated rings. The lowest BCUT2D eigenvalue weighted by molar-refractivity contribution is 0.187. The minimum absolute atomic E-state index is 0.137. The second-order valence-electron chi connectivity index (χ2n) is 6.41. The topological polar surface area (TPSA) is 51.0 Å². The second kappa shape index (κ2) is 6.04. The molecule has 4 heteroatoms. The van der Waals surface area contributed by atoms with Crippen molar-refractivity contribution >= 4 is 0 Å². The molecule has 0 radical (unpaired) electrons. The highest BCUT2D eigenvalue weighted by molar-refractivity contribution is 4.96. The van der Waals surface area contributed by atoms with Crippen LogP contribution in [0.4, 0.5) is 0 Å². The molecule has 0 aliphatic heterocycles. The fraction of sp³-hybridized carbons (Fsp3) is 0.867. The Morgan fingerprint density at radius 2 is 1.95 bits per heavy atom. The monoisotopic (exact) mass is 265 g/mol. The summed E-state index contributed by atoms with van der Waals surface area (Å²) in [5.74, 6) is 3.34. The zero-order valence-electron chi connectivity index (χ0n) is 12.8. The highest BCUT2D eigenvalue weighted by Crippen LogP contribution is 2.31. The van der Waals surface area contributed by atoms with Crippen molar-refractivity contribution in [3.05, 3.63) is 11.7 Å². The predicted octanol–water partition coefficient (Wildman–Crippen LogP) is 3.67. The molecule has 1 aliphatic rings. The molecule has 0 aromatic carbocycles. The van der Waals surface area contributed by atoms with Crippen LogP contribution in [-0.4, -0.2) is 16.2 Å². The van der Waals surface area contributed by atoms with E-state index in [9.17, 15) is 0 Å². The van der Waals surface area contributed by atoms with Crippen LogP contribution >= 0.6 is 0 Å². The largest absolute Gasteiger partial charge is 0.338 e. The maximum Gasteiger partial charge on any atom is 0.243 e. The van der Waals surface area contributed by atoms with Crippen LogP contribution in [-0.2, 0) is 0 Å². The van der Waals surface area contributed by atoms with Crippen molar-refractivity contribution in [1.29, 1.82) is 0 Å². The molecule has 2 rings (SSSR count). The molecule has 0 spiro atoms. The van der Waals surface area contributed by atoms with Crippen molar-refractivity contribution in [3.63, 3.8) is 0 Å². The summed E-state index contributed by atoms with van der Waals surface area (Å²) in [7, 11) is 0. The van der Waals surface area contributed by atoms with Gasteiger partial charge >= 0.3 is 0 Å². The average Bonchev–Trinajstić information content (AvgIpc) is 2.84. The first-order valence-corrected chi connectivity index (χ1v) is 7.58. The first-order valence-electron chi connectivity index (χ1n) is 7.58. The van der Waals surface area contributed by atoms with Gasteiger partial charge in [-0.1, -0.05) is 45.7 Å². The van der Waals surface area contributed by atoms with Gasteiger partial charge in [-0.2, -0.15) is 4.98 Å². The first-order chi connectivity index (χ1) is 8.99. The second-order valence-corrected chi connectivity index (χ2v) is 6.41. The molecule has 4 atom stereocenters. The maximum absolute atomic E-state index is 5.37. The average molecular weight is 265 g/mol. The highest BCUT2D eigenvalue weighted by atomic mass is 16.5. The van der Waals surface area contributed by atoms with E-state index in [0.717, 1.165) is 11.7 Å². The van der Waals surface area contributed by atoms with E-state index >= 15 is 0 Å². The number of nitrogens with zero attached hydrogens (tertiary/aromatic N) is 2. The van der Waals surface area contributed by atoms with Crippen LogP contribution in [0.1, 0.15) is 77.6 Å². The summed E-state index contributed by atoms with van der Waals surface area (Å²) >= 11 is 0. The van der Waals surface area contributed by atoms with Crippen molar-refractivity contribution in [2.24, 2.45) is 11.8 Å². The SMILES string of the molecule is CC(C)c1noc(C(C)NC2CCCC(C)C2C)n1. The van der Waals surface area contributed by atoms with E-state index in [1.54, 1.807) is 0 Å². The molecule has 1 heterocycles. The molecule has 1 aliphatic carbocycles. The van der Waals surface area contributed by atoms with Gasteiger partial charge in [0.15, 0.2) is 5.82 Å². The molecule has 1 aromatic rings. The van der Waals surface area contributed by atoms with E-state index < -0.39 is 0 Å². The Balaban J connectivity index is 1.97. The number of nitrogens with one attached hydrogen (secondary N) is 1. The third kappa shape index (κ3) is 3.35. The van der Waals surface area contributed by atoms with Crippen LogP contribution in [0.5, 0.6) is 0 Å². The highest BCUT2D eigenvalue weighted by Gasteiger charge is 2.29. The van der Waals surface area contributed by atoms with E-state index in [-0.39, 0.29) is 6.04 Å².